The molecule has 1 saturated heterocycles. The molecule has 0 aromatic heterocycles. The number of benzene rings is 1. The second kappa shape index (κ2) is 4.46. The Morgan fingerprint density at radius 2 is 2.15 bits per heavy atom. The number of aliphatic hydroxyl groups is 1. The van der Waals surface area contributed by atoms with Crippen LogP contribution in [0.1, 0.15) is 25.8 Å². The van der Waals surface area contributed by atoms with Crippen molar-refractivity contribution in [3.63, 3.8) is 0 Å². The van der Waals surface area contributed by atoms with E-state index < -0.39 is 18.0 Å². The average Bonchev–Trinajstić information content (AvgIpc) is 2.78. The highest BCUT2D eigenvalue weighted by atomic mass is 16.7. The zero-order valence-corrected chi connectivity index (χ0v) is 11.9. The molecule has 2 aliphatic rings. The molecule has 2 aliphatic heterocycles. The van der Waals surface area contributed by atoms with Gasteiger partial charge in [-0.2, -0.15) is 0 Å². The summed E-state index contributed by atoms with van der Waals surface area (Å²) in [5.74, 6) is 0.600. The van der Waals surface area contributed by atoms with Gasteiger partial charge in [-0.25, -0.2) is 0 Å². The van der Waals surface area contributed by atoms with Gasteiger partial charge in [-0.3, -0.25) is 4.79 Å². The van der Waals surface area contributed by atoms with Gasteiger partial charge in [-0.15, -0.1) is 0 Å². The second-order valence-corrected chi connectivity index (χ2v) is 5.68. The lowest BCUT2D eigenvalue weighted by atomic mass is 9.84. The van der Waals surface area contributed by atoms with Crippen molar-refractivity contribution in [3.8, 4) is 5.75 Å². The first kappa shape index (κ1) is 13.4. The van der Waals surface area contributed by atoms with Crippen molar-refractivity contribution in [1.29, 1.82) is 0 Å². The minimum Gasteiger partial charge on any atom is -0.464 e. The lowest BCUT2D eigenvalue weighted by Crippen LogP contribution is -2.50. The van der Waals surface area contributed by atoms with Crippen LogP contribution in [0.3, 0.4) is 0 Å². The maximum absolute atomic E-state index is 11.6. The van der Waals surface area contributed by atoms with Crippen LogP contribution >= 0.6 is 0 Å². The largest absolute Gasteiger partial charge is 0.464 e. The van der Waals surface area contributed by atoms with Crippen LogP contribution in [0, 0.1) is 0 Å². The maximum Gasteiger partial charge on any atom is 0.219 e. The molecule has 2 heterocycles. The quantitative estimate of drug-likeness (QED) is 0.839. The Morgan fingerprint density at radius 3 is 2.85 bits per heavy atom. The Bertz CT molecular complexity index is 542. The lowest BCUT2D eigenvalue weighted by molar-refractivity contribution is -0.147. The standard InChI is InChI=1S/C15H19NO4/c1-9(17)16(3)11-8-13-19-12-7-5-4-6-10(12)15(2,18)14(11)20-13/h4-7,11,13-14,18H,8H2,1-3H3. The van der Waals surface area contributed by atoms with Crippen LogP contribution in [0.2, 0.25) is 0 Å². The monoisotopic (exact) mass is 277 g/mol. The average molecular weight is 277 g/mol. The van der Waals surface area contributed by atoms with Crippen LogP contribution in [0.4, 0.5) is 0 Å². The zero-order valence-electron chi connectivity index (χ0n) is 11.9. The van der Waals surface area contributed by atoms with Gasteiger partial charge in [-0.1, -0.05) is 18.2 Å². The third kappa shape index (κ3) is 1.89. The van der Waals surface area contributed by atoms with Gasteiger partial charge < -0.3 is 19.5 Å². The molecule has 0 spiro atoms. The highest BCUT2D eigenvalue weighted by Gasteiger charge is 2.52. The molecule has 4 unspecified atom stereocenters. The number of rotatable bonds is 1. The first-order valence-corrected chi connectivity index (χ1v) is 6.78. The van der Waals surface area contributed by atoms with E-state index >= 15 is 0 Å². The lowest BCUT2D eigenvalue weighted by Gasteiger charge is -2.36. The summed E-state index contributed by atoms with van der Waals surface area (Å²) in [5.41, 5.74) is -0.495. The van der Waals surface area contributed by atoms with Gasteiger partial charge in [0.15, 0.2) is 0 Å². The fourth-order valence-corrected chi connectivity index (χ4v) is 3.09. The molecule has 1 N–H and O–H groups in total. The first-order valence-electron chi connectivity index (χ1n) is 6.78. The van der Waals surface area contributed by atoms with E-state index in [1.165, 1.54) is 6.92 Å². The van der Waals surface area contributed by atoms with E-state index in [0.29, 0.717) is 17.7 Å². The Balaban J connectivity index is 2.03. The molecule has 5 nitrogen and oxygen atoms in total. The van der Waals surface area contributed by atoms with Crippen LogP contribution < -0.4 is 4.74 Å². The molecule has 0 saturated carbocycles. The SMILES string of the molecule is CC(=O)N(C)C1CC2Oc3ccccc3C(C)(O)C1O2. The number of carbonyl (C=O) groups is 1. The molecule has 1 aromatic rings. The predicted molar refractivity (Wildman–Crippen MR) is 72.2 cm³/mol. The fraction of sp³-hybridized carbons (Fsp3) is 0.533. The number of para-hydroxylation sites is 1. The Morgan fingerprint density at radius 1 is 1.45 bits per heavy atom. The van der Waals surface area contributed by atoms with Crippen LogP contribution in [0.5, 0.6) is 5.75 Å². The summed E-state index contributed by atoms with van der Waals surface area (Å²) in [6.07, 6.45) is -0.363. The molecule has 3 rings (SSSR count). The first-order chi connectivity index (χ1) is 9.41. The summed E-state index contributed by atoms with van der Waals surface area (Å²) >= 11 is 0. The summed E-state index contributed by atoms with van der Waals surface area (Å²) in [4.78, 5) is 13.2. The molecule has 0 radical (unpaired) electrons. The number of likely N-dealkylation sites (N-methyl/N-ethyl adjacent to an activating group) is 1. The van der Waals surface area contributed by atoms with Crippen LogP contribution in [0.25, 0.3) is 0 Å². The van der Waals surface area contributed by atoms with Crippen LogP contribution in [-0.2, 0) is 15.1 Å². The molecule has 20 heavy (non-hydrogen) atoms. The minimum absolute atomic E-state index is 0.0473. The summed E-state index contributed by atoms with van der Waals surface area (Å²) in [5, 5.41) is 11.0. The fourth-order valence-electron chi connectivity index (χ4n) is 3.09. The van der Waals surface area contributed by atoms with Gasteiger partial charge in [-0.05, 0) is 13.0 Å². The van der Waals surface area contributed by atoms with Gasteiger partial charge in [0.1, 0.15) is 17.5 Å². The number of fused-ring (bicyclic) bond motifs is 3. The Hall–Kier alpha value is -1.59. The molecule has 108 valence electrons. The Labute approximate surface area is 118 Å². The normalized spacial score (nSPS) is 34.9. The van der Waals surface area contributed by atoms with E-state index in [1.54, 1.807) is 18.9 Å². The maximum atomic E-state index is 11.6. The van der Waals surface area contributed by atoms with E-state index in [1.807, 2.05) is 24.3 Å². The highest BCUT2D eigenvalue weighted by Crippen LogP contribution is 2.44. The number of hydrogen-bond donors (Lipinski definition) is 1. The third-order valence-corrected chi connectivity index (χ3v) is 4.32. The summed E-state index contributed by atoms with van der Waals surface area (Å²) in [7, 11) is 1.73. The van der Waals surface area contributed by atoms with Crippen molar-refractivity contribution in [2.75, 3.05) is 7.05 Å². The molecule has 4 atom stereocenters. The van der Waals surface area contributed by atoms with Gasteiger partial charge in [0, 0.05) is 26.0 Å². The van der Waals surface area contributed by atoms with Crippen molar-refractivity contribution >= 4 is 5.91 Å². The van der Waals surface area contributed by atoms with Gasteiger partial charge in [0.05, 0.1) is 6.04 Å². The number of nitrogens with zero attached hydrogens (tertiary/aromatic N) is 1. The van der Waals surface area contributed by atoms with Crippen LogP contribution in [-0.4, -0.2) is 41.4 Å². The predicted octanol–water partition coefficient (Wildman–Crippen LogP) is 1.25. The molecule has 1 aromatic carbocycles. The van der Waals surface area contributed by atoms with E-state index in [9.17, 15) is 9.90 Å². The Kier molecular flexibility index (Phi) is 2.99. The molecule has 1 fully saturated rings. The van der Waals surface area contributed by atoms with Crippen LogP contribution in [0.15, 0.2) is 24.3 Å². The zero-order chi connectivity index (χ0) is 14.5. The molecule has 5 heteroatoms. The highest BCUT2D eigenvalue weighted by molar-refractivity contribution is 5.73. The smallest absolute Gasteiger partial charge is 0.219 e. The molecular weight excluding hydrogens is 258 g/mol. The molecule has 2 bridgehead atoms. The van der Waals surface area contributed by atoms with E-state index in [4.69, 9.17) is 9.47 Å². The number of amides is 1. The van der Waals surface area contributed by atoms with Gasteiger partial charge in [0.2, 0.25) is 12.2 Å². The second-order valence-electron chi connectivity index (χ2n) is 5.68. The van der Waals surface area contributed by atoms with Crippen molar-refractivity contribution in [2.24, 2.45) is 0 Å². The van der Waals surface area contributed by atoms with E-state index in [2.05, 4.69) is 0 Å². The summed E-state index contributed by atoms with van der Waals surface area (Å²) in [6.45, 7) is 3.23. The van der Waals surface area contributed by atoms with Crippen molar-refractivity contribution in [3.05, 3.63) is 29.8 Å². The molecular formula is C15H19NO4. The van der Waals surface area contributed by atoms with Crippen molar-refractivity contribution in [2.45, 2.75) is 44.3 Å². The van der Waals surface area contributed by atoms with Crippen molar-refractivity contribution < 1.29 is 19.4 Å². The number of hydrogen-bond acceptors (Lipinski definition) is 4. The number of ether oxygens (including phenoxy) is 2. The molecule has 1 amide bonds. The third-order valence-electron chi connectivity index (χ3n) is 4.32. The summed E-state index contributed by atoms with van der Waals surface area (Å²) in [6, 6.07) is 7.20. The van der Waals surface area contributed by atoms with Crippen molar-refractivity contribution in [1.82, 2.24) is 4.90 Å². The topological polar surface area (TPSA) is 59.0 Å². The van der Waals surface area contributed by atoms with E-state index in [0.717, 1.165) is 0 Å². The molecule has 0 aliphatic carbocycles. The van der Waals surface area contributed by atoms with Gasteiger partial charge >= 0.3 is 0 Å². The summed E-state index contributed by atoms with van der Waals surface area (Å²) < 4.78 is 11.7. The van der Waals surface area contributed by atoms with E-state index in [-0.39, 0.29) is 11.9 Å². The minimum atomic E-state index is -1.20. The van der Waals surface area contributed by atoms with Gasteiger partial charge in [0.25, 0.3) is 0 Å². The number of carbonyl (C=O) groups excluding carboxylic acids is 1.